The van der Waals surface area contributed by atoms with Gasteiger partial charge in [-0.05, 0) is 36.1 Å². The molecule has 0 aliphatic carbocycles. The van der Waals surface area contributed by atoms with Gasteiger partial charge in [0.2, 0.25) is 5.91 Å². The lowest BCUT2D eigenvalue weighted by Crippen LogP contribution is -2.42. The third kappa shape index (κ3) is 3.63. The average molecular weight is 304 g/mol. The molecular formula is C16H20N2O4. The molecule has 0 aromatic heterocycles. The minimum atomic E-state index is -0.675. The summed E-state index contributed by atoms with van der Waals surface area (Å²) in [7, 11) is 1.30. The third-order valence-corrected chi connectivity index (χ3v) is 3.49. The number of amides is 2. The summed E-state index contributed by atoms with van der Waals surface area (Å²) in [6.07, 6.45) is 0.770. The summed E-state index contributed by atoms with van der Waals surface area (Å²) in [5.74, 6) is -0.649. The zero-order valence-electron chi connectivity index (χ0n) is 12.9. The van der Waals surface area contributed by atoms with Crippen molar-refractivity contribution >= 4 is 23.5 Å². The van der Waals surface area contributed by atoms with Crippen LogP contribution in [0.25, 0.3) is 0 Å². The second-order valence-corrected chi connectivity index (χ2v) is 5.78. The Hall–Kier alpha value is -2.37. The van der Waals surface area contributed by atoms with Crippen molar-refractivity contribution in [2.75, 3.05) is 12.4 Å². The number of carbonyl (C=O) groups is 3. The molecule has 118 valence electrons. The third-order valence-electron chi connectivity index (χ3n) is 3.49. The van der Waals surface area contributed by atoms with Crippen molar-refractivity contribution in [3.63, 3.8) is 0 Å². The lowest BCUT2D eigenvalue weighted by atomic mass is 10.0. The van der Waals surface area contributed by atoms with E-state index >= 15 is 0 Å². The van der Waals surface area contributed by atoms with Crippen LogP contribution >= 0.6 is 0 Å². The number of hydrogen-bond acceptors (Lipinski definition) is 4. The molecule has 1 aliphatic heterocycles. The first-order valence-electron chi connectivity index (χ1n) is 7.22. The van der Waals surface area contributed by atoms with Crippen LogP contribution in [-0.2, 0) is 20.7 Å². The lowest BCUT2D eigenvalue weighted by molar-refractivity contribution is -0.143. The fourth-order valence-electron chi connectivity index (χ4n) is 2.44. The lowest BCUT2D eigenvalue weighted by Gasteiger charge is -2.18. The number of esters is 1. The van der Waals surface area contributed by atoms with Crippen LogP contribution in [0.5, 0.6) is 0 Å². The second-order valence-electron chi connectivity index (χ2n) is 5.78. The fourth-order valence-corrected chi connectivity index (χ4v) is 2.44. The largest absolute Gasteiger partial charge is 0.467 e. The van der Waals surface area contributed by atoms with Gasteiger partial charge in [0.25, 0.3) is 5.91 Å². The van der Waals surface area contributed by atoms with Gasteiger partial charge in [-0.25, -0.2) is 4.79 Å². The molecule has 6 heteroatoms. The molecule has 1 heterocycles. The van der Waals surface area contributed by atoms with Gasteiger partial charge in [0.05, 0.1) is 13.5 Å². The molecule has 22 heavy (non-hydrogen) atoms. The Kier molecular flexibility index (Phi) is 4.80. The second kappa shape index (κ2) is 6.60. The van der Waals surface area contributed by atoms with Crippen LogP contribution in [0.1, 0.15) is 36.2 Å². The van der Waals surface area contributed by atoms with Gasteiger partial charge < -0.3 is 15.4 Å². The maximum atomic E-state index is 12.3. The number of methoxy groups -OCH3 is 1. The van der Waals surface area contributed by atoms with E-state index in [1.165, 1.54) is 7.11 Å². The van der Waals surface area contributed by atoms with Crippen molar-refractivity contribution in [1.82, 2.24) is 5.32 Å². The summed E-state index contributed by atoms with van der Waals surface area (Å²) in [4.78, 5) is 35.4. The minimum absolute atomic E-state index is 0.0835. The van der Waals surface area contributed by atoms with Crippen molar-refractivity contribution in [1.29, 1.82) is 0 Å². The first-order chi connectivity index (χ1) is 10.4. The Morgan fingerprint density at radius 1 is 1.36 bits per heavy atom. The monoisotopic (exact) mass is 304 g/mol. The average Bonchev–Trinajstić information content (AvgIpc) is 2.84. The van der Waals surface area contributed by atoms with E-state index in [1.54, 1.807) is 18.2 Å². The molecule has 1 atom stereocenters. The van der Waals surface area contributed by atoms with Crippen LogP contribution < -0.4 is 10.6 Å². The summed E-state index contributed by atoms with van der Waals surface area (Å²) in [5, 5.41) is 5.41. The first kappa shape index (κ1) is 16.0. The molecule has 2 N–H and O–H groups in total. The van der Waals surface area contributed by atoms with E-state index in [0.29, 0.717) is 12.0 Å². The number of benzene rings is 1. The molecule has 2 amide bonds. The van der Waals surface area contributed by atoms with Gasteiger partial charge in [-0.15, -0.1) is 0 Å². The van der Waals surface area contributed by atoms with Gasteiger partial charge in [-0.2, -0.15) is 0 Å². The van der Waals surface area contributed by atoms with Crippen molar-refractivity contribution in [3.8, 4) is 0 Å². The van der Waals surface area contributed by atoms with Crippen LogP contribution in [0, 0.1) is 5.92 Å². The van der Waals surface area contributed by atoms with Gasteiger partial charge in [0.15, 0.2) is 0 Å². The maximum absolute atomic E-state index is 12.3. The number of ether oxygens (including phenoxy) is 1. The summed E-state index contributed by atoms with van der Waals surface area (Å²) < 4.78 is 4.73. The summed E-state index contributed by atoms with van der Waals surface area (Å²) >= 11 is 0. The Labute approximate surface area is 129 Å². The number of nitrogens with one attached hydrogen (secondary N) is 2. The van der Waals surface area contributed by atoms with E-state index in [0.717, 1.165) is 11.3 Å². The molecule has 1 aromatic rings. The maximum Gasteiger partial charge on any atom is 0.328 e. The molecule has 0 saturated carbocycles. The highest BCUT2D eigenvalue weighted by Crippen LogP contribution is 2.23. The van der Waals surface area contributed by atoms with Gasteiger partial charge in [-0.1, -0.05) is 13.8 Å². The molecule has 0 radical (unpaired) electrons. The quantitative estimate of drug-likeness (QED) is 0.807. The summed E-state index contributed by atoms with van der Waals surface area (Å²) in [6.45, 7) is 3.93. The van der Waals surface area contributed by atoms with Crippen molar-refractivity contribution < 1.29 is 19.1 Å². The SMILES string of the molecule is COC(=O)C(CC(C)C)NC(=O)c1ccc2c(c1)CC(=O)N2. The van der Waals surface area contributed by atoms with E-state index in [-0.39, 0.29) is 24.2 Å². The molecule has 1 unspecified atom stereocenters. The first-order valence-corrected chi connectivity index (χ1v) is 7.22. The highest BCUT2D eigenvalue weighted by Gasteiger charge is 2.24. The molecular weight excluding hydrogens is 284 g/mol. The van der Waals surface area contributed by atoms with Crippen LogP contribution in [0.3, 0.4) is 0 Å². The van der Waals surface area contributed by atoms with Crippen molar-refractivity contribution in [2.45, 2.75) is 32.7 Å². The number of fused-ring (bicyclic) bond motifs is 1. The predicted octanol–water partition coefficient (Wildman–Crippen LogP) is 1.50. The van der Waals surface area contributed by atoms with E-state index in [9.17, 15) is 14.4 Å². The highest BCUT2D eigenvalue weighted by atomic mass is 16.5. The molecule has 0 bridgehead atoms. The molecule has 2 rings (SSSR count). The van der Waals surface area contributed by atoms with E-state index in [4.69, 9.17) is 4.74 Å². The van der Waals surface area contributed by atoms with Gasteiger partial charge in [0.1, 0.15) is 6.04 Å². The Balaban J connectivity index is 2.12. The fraction of sp³-hybridized carbons (Fsp3) is 0.438. The molecule has 1 aromatic carbocycles. The number of carbonyl (C=O) groups excluding carboxylic acids is 3. The van der Waals surface area contributed by atoms with Crippen molar-refractivity contribution in [3.05, 3.63) is 29.3 Å². The number of anilines is 1. The van der Waals surface area contributed by atoms with E-state index < -0.39 is 12.0 Å². The molecule has 1 aliphatic rings. The predicted molar refractivity (Wildman–Crippen MR) is 81.5 cm³/mol. The van der Waals surface area contributed by atoms with Crippen LogP contribution in [-0.4, -0.2) is 30.9 Å². The zero-order chi connectivity index (χ0) is 16.3. The van der Waals surface area contributed by atoms with E-state index in [2.05, 4.69) is 10.6 Å². The van der Waals surface area contributed by atoms with E-state index in [1.807, 2.05) is 13.8 Å². The number of rotatable bonds is 5. The summed E-state index contributed by atoms with van der Waals surface area (Å²) in [5.41, 5.74) is 1.94. The molecule has 0 fully saturated rings. The highest BCUT2D eigenvalue weighted by molar-refractivity contribution is 6.02. The molecule has 6 nitrogen and oxygen atoms in total. The normalized spacial score (nSPS) is 14.3. The van der Waals surface area contributed by atoms with Crippen LogP contribution in [0.2, 0.25) is 0 Å². The van der Waals surface area contributed by atoms with Crippen LogP contribution in [0.15, 0.2) is 18.2 Å². The van der Waals surface area contributed by atoms with Gasteiger partial charge in [-0.3, -0.25) is 9.59 Å². The zero-order valence-corrected chi connectivity index (χ0v) is 12.9. The Morgan fingerprint density at radius 3 is 2.73 bits per heavy atom. The van der Waals surface area contributed by atoms with Crippen molar-refractivity contribution in [2.24, 2.45) is 5.92 Å². The Bertz CT molecular complexity index is 610. The molecule has 0 saturated heterocycles. The molecule has 0 spiro atoms. The smallest absolute Gasteiger partial charge is 0.328 e. The van der Waals surface area contributed by atoms with Crippen LogP contribution in [0.4, 0.5) is 5.69 Å². The standard InChI is InChI=1S/C16H20N2O4/c1-9(2)6-13(16(21)22-3)18-15(20)10-4-5-12-11(7-10)8-14(19)17-12/h4-5,7,9,13H,6,8H2,1-3H3,(H,17,19)(H,18,20). The summed E-state index contributed by atoms with van der Waals surface area (Å²) in [6, 6.07) is 4.33. The topological polar surface area (TPSA) is 84.5 Å². The van der Waals surface area contributed by atoms with Gasteiger partial charge in [0, 0.05) is 11.3 Å². The van der Waals surface area contributed by atoms with Gasteiger partial charge >= 0.3 is 5.97 Å². The number of hydrogen-bond donors (Lipinski definition) is 2. The minimum Gasteiger partial charge on any atom is -0.467 e. The Morgan fingerprint density at radius 2 is 2.09 bits per heavy atom.